The molecule has 2 aliphatic rings. The topological polar surface area (TPSA) is 38.1 Å². The van der Waals surface area contributed by atoms with Crippen molar-refractivity contribution in [3.05, 3.63) is 18.2 Å². The number of carbonyl (C=O) groups excluding carboxylic acids is 1. The number of hydrogen-bond donors (Lipinski definition) is 0. The minimum atomic E-state index is 0.347. The van der Waals surface area contributed by atoms with Gasteiger partial charge in [-0.1, -0.05) is 26.2 Å². The number of unbranched alkanes of at least 4 members (excludes halogenated alkanes) is 2. The average molecular weight is 317 g/mol. The molecule has 1 aromatic heterocycles. The van der Waals surface area contributed by atoms with E-state index in [1.807, 2.05) is 6.20 Å². The van der Waals surface area contributed by atoms with Gasteiger partial charge in [-0.25, -0.2) is 4.98 Å². The van der Waals surface area contributed by atoms with Crippen molar-refractivity contribution >= 4 is 5.91 Å². The lowest BCUT2D eigenvalue weighted by atomic mass is 9.85. The van der Waals surface area contributed by atoms with Crippen molar-refractivity contribution in [2.75, 3.05) is 13.1 Å². The Morgan fingerprint density at radius 3 is 2.87 bits per heavy atom. The highest BCUT2D eigenvalue weighted by Crippen LogP contribution is 2.31. The predicted octanol–water partition coefficient (Wildman–Crippen LogP) is 3.97. The monoisotopic (exact) mass is 317 g/mol. The third-order valence-corrected chi connectivity index (χ3v) is 5.56. The van der Waals surface area contributed by atoms with Gasteiger partial charge in [0.15, 0.2) is 0 Å². The number of imidazole rings is 1. The van der Waals surface area contributed by atoms with Crippen LogP contribution in [0.25, 0.3) is 0 Å². The number of carbonyl (C=O) groups is 1. The highest BCUT2D eigenvalue weighted by atomic mass is 16.2. The fourth-order valence-electron chi connectivity index (χ4n) is 3.89. The minimum absolute atomic E-state index is 0.347. The van der Waals surface area contributed by atoms with Crippen LogP contribution in [-0.4, -0.2) is 33.4 Å². The molecular weight excluding hydrogens is 286 g/mol. The summed E-state index contributed by atoms with van der Waals surface area (Å²) in [6.07, 6.45) is 14.6. The number of likely N-dealkylation sites (tertiary alicyclic amines) is 1. The Kier molecular flexibility index (Phi) is 5.74. The van der Waals surface area contributed by atoms with Gasteiger partial charge < -0.3 is 9.47 Å². The summed E-state index contributed by atoms with van der Waals surface area (Å²) in [5.74, 6) is 2.83. The molecule has 0 radical (unpaired) electrons. The molecule has 0 aromatic carbocycles. The molecule has 2 heterocycles. The Morgan fingerprint density at radius 1 is 1.26 bits per heavy atom. The van der Waals surface area contributed by atoms with Gasteiger partial charge in [-0.3, -0.25) is 4.79 Å². The summed E-state index contributed by atoms with van der Waals surface area (Å²) in [5.41, 5.74) is 0. The first-order valence-electron chi connectivity index (χ1n) is 9.56. The third kappa shape index (κ3) is 4.15. The average Bonchev–Trinajstić information content (AvgIpc) is 2.99. The molecule has 2 fully saturated rings. The summed E-state index contributed by atoms with van der Waals surface area (Å²) in [7, 11) is 0. The fraction of sp³-hybridized carbons (Fsp3) is 0.789. The molecule has 3 rings (SSSR count). The number of amides is 1. The predicted molar refractivity (Wildman–Crippen MR) is 92.3 cm³/mol. The van der Waals surface area contributed by atoms with Gasteiger partial charge in [0.2, 0.25) is 5.91 Å². The van der Waals surface area contributed by atoms with Gasteiger partial charge in [-0.15, -0.1) is 0 Å². The number of hydrogen-bond acceptors (Lipinski definition) is 2. The van der Waals surface area contributed by atoms with E-state index in [1.165, 1.54) is 37.9 Å². The normalized spacial score (nSPS) is 22.1. The van der Waals surface area contributed by atoms with Gasteiger partial charge in [-0.2, -0.15) is 0 Å². The third-order valence-electron chi connectivity index (χ3n) is 5.56. The zero-order valence-corrected chi connectivity index (χ0v) is 14.5. The van der Waals surface area contributed by atoms with E-state index < -0.39 is 0 Å². The Hall–Kier alpha value is -1.32. The zero-order chi connectivity index (χ0) is 16.1. The van der Waals surface area contributed by atoms with Crippen LogP contribution in [0, 0.1) is 5.92 Å². The Labute approximate surface area is 140 Å². The lowest BCUT2D eigenvalue weighted by Gasteiger charge is -2.34. The van der Waals surface area contributed by atoms with Crippen LogP contribution >= 0.6 is 0 Å². The molecule has 0 spiro atoms. The van der Waals surface area contributed by atoms with Crippen molar-refractivity contribution in [3.63, 3.8) is 0 Å². The SMILES string of the molecule is CCCCCC(=O)N1CCCC(c2nccn2CC2CCC2)C1. The number of rotatable bonds is 7. The maximum absolute atomic E-state index is 12.4. The maximum Gasteiger partial charge on any atom is 0.222 e. The zero-order valence-electron chi connectivity index (χ0n) is 14.5. The van der Waals surface area contributed by atoms with Crippen LogP contribution in [0.5, 0.6) is 0 Å². The van der Waals surface area contributed by atoms with Crippen molar-refractivity contribution in [2.45, 2.75) is 77.2 Å². The van der Waals surface area contributed by atoms with E-state index in [-0.39, 0.29) is 0 Å². The summed E-state index contributed by atoms with van der Waals surface area (Å²) in [4.78, 5) is 19.1. The van der Waals surface area contributed by atoms with Crippen LogP contribution in [0.3, 0.4) is 0 Å². The molecule has 1 amide bonds. The molecule has 1 saturated carbocycles. The van der Waals surface area contributed by atoms with Gasteiger partial charge in [0.25, 0.3) is 0 Å². The molecule has 128 valence electrons. The van der Waals surface area contributed by atoms with Crippen LogP contribution in [0.2, 0.25) is 0 Å². The quantitative estimate of drug-likeness (QED) is 0.714. The summed E-state index contributed by atoms with van der Waals surface area (Å²) < 4.78 is 2.36. The maximum atomic E-state index is 12.4. The first kappa shape index (κ1) is 16.5. The van der Waals surface area contributed by atoms with E-state index in [9.17, 15) is 4.79 Å². The van der Waals surface area contributed by atoms with Gasteiger partial charge in [0.1, 0.15) is 5.82 Å². The minimum Gasteiger partial charge on any atom is -0.342 e. The van der Waals surface area contributed by atoms with E-state index in [4.69, 9.17) is 0 Å². The highest BCUT2D eigenvalue weighted by molar-refractivity contribution is 5.76. The number of aromatic nitrogens is 2. The molecule has 1 aliphatic heterocycles. The molecule has 23 heavy (non-hydrogen) atoms. The molecule has 1 aliphatic carbocycles. The Balaban J connectivity index is 1.57. The number of piperidine rings is 1. The first-order valence-corrected chi connectivity index (χ1v) is 9.56. The van der Waals surface area contributed by atoms with Crippen LogP contribution in [-0.2, 0) is 11.3 Å². The van der Waals surface area contributed by atoms with Crippen LogP contribution in [0.1, 0.15) is 76.5 Å². The van der Waals surface area contributed by atoms with E-state index in [1.54, 1.807) is 0 Å². The summed E-state index contributed by atoms with van der Waals surface area (Å²) >= 11 is 0. The van der Waals surface area contributed by atoms with Crippen molar-refractivity contribution in [2.24, 2.45) is 5.92 Å². The Morgan fingerprint density at radius 2 is 2.13 bits per heavy atom. The van der Waals surface area contributed by atoms with Crippen molar-refractivity contribution in [1.29, 1.82) is 0 Å². The second kappa shape index (κ2) is 7.98. The van der Waals surface area contributed by atoms with E-state index in [0.717, 1.165) is 51.2 Å². The molecular formula is C19H31N3O. The van der Waals surface area contributed by atoms with Gasteiger partial charge >= 0.3 is 0 Å². The van der Waals surface area contributed by atoms with E-state index in [0.29, 0.717) is 11.8 Å². The summed E-state index contributed by atoms with van der Waals surface area (Å²) in [6.45, 7) is 5.11. The standard InChI is InChI=1S/C19H31N3O/c1-2-3-4-10-18(23)21-12-6-9-17(15-21)19-20-11-13-22(19)14-16-7-5-8-16/h11,13,16-17H,2-10,12,14-15H2,1H3. The fourth-order valence-corrected chi connectivity index (χ4v) is 3.89. The molecule has 1 unspecified atom stereocenters. The van der Waals surface area contributed by atoms with E-state index in [2.05, 4.69) is 27.6 Å². The van der Waals surface area contributed by atoms with E-state index >= 15 is 0 Å². The van der Waals surface area contributed by atoms with Crippen LogP contribution < -0.4 is 0 Å². The molecule has 4 nitrogen and oxygen atoms in total. The molecule has 0 N–H and O–H groups in total. The first-order chi connectivity index (χ1) is 11.3. The van der Waals surface area contributed by atoms with Crippen LogP contribution in [0.4, 0.5) is 0 Å². The van der Waals surface area contributed by atoms with Gasteiger partial charge in [0.05, 0.1) is 0 Å². The molecule has 1 atom stereocenters. The highest BCUT2D eigenvalue weighted by Gasteiger charge is 2.28. The largest absolute Gasteiger partial charge is 0.342 e. The van der Waals surface area contributed by atoms with Gasteiger partial charge in [-0.05, 0) is 38.0 Å². The second-order valence-electron chi connectivity index (χ2n) is 7.37. The lowest BCUT2D eigenvalue weighted by molar-refractivity contribution is -0.132. The Bertz CT molecular complexity index is 506. The molecule has 1 aromatic rings. The number of nitrogens with zero attached hydrogens (tertiary/aromatic N) is 3. The lowest BCUT2D eigenvalue weighted by Crippen LogP contribution is -2.39. The van der Waals surface area contributed by atoms with Crippen molar-refractivity contribution in [3.8, 4) is 0 Å². The molecule has 4 heteroatoms. The smallest absolute Gasteiger partial charge is 0.222 e. The van der Waals surface area contributed by atoms with Crippen molar-refractivity contribution in [1.82, 2.24) is 14.5 Å². The molecule has 1 saturated heterocycles. The second-order valence-corrected chi connectivity index (χ2v) is 7.37. The molecule has 0 bridgehead atoms. The van der Waals surface area contributed by atoms with Crippen LogP contribution in [0.15, 0.2) is 12.4 Å². The summed E-state index contributed by atoms with van der Waals surface area (Å²) in [6, 6.07) is 0. The van der Waals surface area contributed by atoms with Gasteiger partial charge in [0, 0.05) is 44.4 Å². The van der Waals surface area contributed by atoms with Crippen molar-refractivity contribution < 1.29 is 4.79 Å². The summed E-state index contributed by atoms with van der Waals surface area (Å²) in [5, 5.41) is 0.